The Bertz CT molecular complexity index is 921. The van der Waals surface area contributed by atoms with Crippen LogP contribution in [0.3, 0.4) is 0 Å². The number of ether oxygens (including phenoxy) is 1. The highest BCUT2D eigenvalue weighted by Crippen LogP contribution is 2.36. The van der Waals surface area contributed by atoms with Gasteiger partial charge in [-0.2, -0.15) is 0 Å². The van der Waals surface area contributed by atoms with Crippen molar-refractivity contribution in [2.24, 2.45) is 0 Å². The molecule has 0 radical (unpaired) electrons. The van der Waals surface area contributed by atoms with Crippen LogP contribution in [0, 0.1) is 0 Å². The molecular weight excluding hydrogens is 400 g/mol. The van der Waals surface area contributed by atoms with Crippen molar-refractivity contribution in [1.82, 2.24) is 15.3 Å². The van der Waals surface area contributed by atoms with Gasteiger partial charge in [0.15, 0.2) is 0 Å². The number of likely N-dealkylation sites (N-methyl/N-ethyl adjacent to an activating group) is 1. The maximum Gasteiger partial charge on any atom is 0.410 e. The van der Waals surface area contributed by atoms with E-state index in [-0.39, 0.29) is 30.7 Å². The van der Waals surface area contributed by atoms with E-state index in [4.69, 9.17) is 4.74 Å². The second-order valence-electron chi connectivity index (χ2n) is 8.88. The van der Waals surface area contributed by atoms with E-state index >= 15 is 0 Å². The molecule has 9 nitrogen and oxygen atoms in total. The van der Waals surface area contributed by atoms with Crippen LogP contribution in [0.25, 0.3) is 0 Å². The number of hydrazine groups is 1. The van der Waals surface area contributed by atoms with Crippen molar-refractivity contribution >= 4 is 29.5 Å². The van der Waals surface area contributed by atoms with Crippen molar-refractivity contribution in [2.75, 3.05) is 25.0 Å². The number of nitrogens with zero attached hydrogens (tertiary/aromatic N) is 3. The molecule has 1 atom stereocenters. The van der Waals surface area contributed by atoms with Gasteiger partial charge >= 0.3 is 6.09 Å². The first kappa shape index (κ1) is 22.3. The van der Waals surface area contributed by atoms with Crippen molar-refractivity contribution in [3.63, 3.8) is 0 Å². The second-order valence-corrected chi connectivity index (χ2v) is 8.88. The van der Waals surface area contributed by atoms with E-state index in [1.165, 1.54) is 20.9 Å². The predicted molar refractivity (Wildman–Crippen MR) is 114 cm³/mol. The molecule has 2 aliphatic rings. The third-order valence-corrected chi connectivity index (χ3v) is 5.39. The average Bonchev–Trinajstić information content (AvgIpc) is 3.28. The highest BCUT2D eigenvalue weighted by atomic mass is 16.6. The van der Waals surface area contributed by atoms with Crippen LogP contribution in [-0.4, -0.2) is 65.0 Å². The molecule has 2 aliphatic heterocycles. The van der Waals surface area contributed by atoms with Crippen LogP contribution < -0.4 is 10.3 Å². The number of carbonyl (C=O) groups excluding carboxylic acids is 4. The fourth-order valence-electron chi connectivity index (χ4n) is 3.81. The van der Waals surface area contributed by atoms with Crippen molar-refractivity contribution in [3.8, 4) is 0 Å². The van der Waals surface area contributed by atoms with Gasteiger partial charge in [0.25, 0.3) is 5.91 Å². The maximum absolute atomic E-state index is 13.2. The second kappa shape index (κ2) is 8.05. The van der Waals surface area contributed by atoms with E-state index in [1.807, 2.05) is 0 Å². The van der Waals surface area contributed by atoms with Gasteiger partial charge in [-0.15, -0.1) is 0 Å². The Balaban J connectivity index is 1.78. The Kier molecular flexibility index (Phi) is 5.80. The largest absolute Gasteiger partial charge is 0.444 e. The number of likely N-dealkylation sites (tertiary alicyclic amines) is 1. The molecule has 2 fully saturated rings. The number of hydrogen-bond donors (Lipinski definition) is 1. The van der Waals surface area contributed by atoms with Crippen LogP contribution in [0.15, 0.2) is 36.9 Å². The molecule has 166 valence electrons. The summed E-state index contributed by atoms with van der Waals surface area (Å²) in [6.07, 6.45) is 1.33. The summed E-state index contributed by atoms with van der Waals surface area (Å²) in [6.45, 7) is 9.43. The lowest BCUT2D eigenvalue weighted by atomic mass is 9.94. The van der Waals surface area contributed by atoms with E-state index in [0.29, 0.717) is 24.2 Å². The van der Waals surface area contributed by atoms with Gasteiger partial charge in [-0.3, -0.25) is 19.8 Å². The highest BCUT2D eigenvalue weighted by molar-refractivity contribution is 6.02. The fourth-order valence-corrected chi connectivity index (χ4v) is 3.81. The van der Waals surface area contributed by atoms with Crippen LogP contribution in [0.1, 0.15) is 44.0 Å². The van der Waals surface area contributed by atoms with Gasteiger partial charge < -0.3 is 14.5 Å². The number of amides is 4. The Morgan fingerprint density at radius 3 is 2.45 bits per heavy atom. The number of carbonyl (C=O) groups is 4. The van der Waals surface area contributed by atoms with Crippen molar-refractivity contribution < 1.29 is 23.9 Å². The van der Waals surface area contributed by atoms with Crippen molar-refractivity contribution in [2.45, 2.75) is 44.8 Å². The minimum Gasteiger partial charge on any atom is -0.444 e. The number of rotatable bonds is 3. The average molecular weight is 428 g/mol. The number of hydrogen-bond acceptors (Lipinski definition) is 5. The summed E-state index contributed by atoms with van der Waals surface area (Å²) in [7, 11) is 1.61. The quantitative estimate of drug-likeness (QED) is 0.744. The van der Waals surface area contributed by atoms with E-state index in [1.54, 1.807) is 52.1 Å². The molecule has 31 heavy (non-hydrogen) atoms. The van der Waals surface area contributed by atoms with Crippen molar-refractivity contribution in [1.29, 1.82) is 0 Å². The monoisotopic (exact) mass is 428 g/mol. The van der Waals surface area contributed by atoms with E-state index in [9.17, 15) is 19.2 Å². The van der Waals surface area contributed by atoms with E-state index in [2.05, 4.69) is 12.0 Å². The summed E-state index contributed by atoms with van der Waals surface area (Å²) in [5.74, 6) is -0.911. The Morgan fingerprint density at radius 1 is 1.23 bits per heavy atom. The first-order valence-corrected chi connectivity index (χ1v) is 10.1. The third kappa shape index (κ3) is 4.55. The fraction of sp³-hybridized carbons (Fsp3) is 0.455. The molecule has 1 aromatic carbocycles. The zero-order valence-electron chi connectivity index (χ0n) is 18.3. The molecule has 0 aromatic heterocycles. The van der Waals surface area contributed by atoms with Gasteiger partial charge in [-0.25, -0.2) is 9.80 Å². The van der Waals surface area contributed by atoms with E-state index < -0.39 is 17.2 Å². The lowest BCUT2D eigenvalue weighted by Gasteiger charge is -2.33. The Labute approximate surface area is 181 Å². The molecule has 1 spiro atoms. The topological polar surface area (TPSA) is 99.3 Å². The molecule has 0 bridgehead atoms. The van der Waals surface area contributed by atoms with Gasteiger partial charge in [0.2, 0.25) is 11.8 Å². The third-order valence-electron chi connectivity index (χ3n) is 5.39. The van der Waals surface area contributed by atoms with Gasteiger partial charge in [-0.1, -0.05) is 6.58 Å². The molecule has 9 heteroatoms. The maximum atomic E-state index is 13.2. The van der Waals surface area contributed by atoms with Crippen molar-refractivity contribution in [3.05, 3.63) is 42.5 Å². The zero-order chi connectivity index (χ0) is 23.0. The molecule has 0 saturated carbocycles. The van der Waals surface area contributed by atoms with E-state index in [0.717, 1.165) is 0 Å². The van der Waals surface area contributed by atoms with Crippen LogP contribution >= 0.6 is 0 Å². The minimum atomic E-state index is -0.820. The van der Waals surface area contributed by atoms with Crippen LogP contribution in [0.4, 0.5) is 10.5 Å². The summed E-state index contributed by atoms with van der Waals surface area (Å²) >= 11 is 0. The SMILES string of the molecule is C=CC(=O)N(C)c1ccc(C(=O)N2NC(=O)CC23CCN(C(=O)OC(C)(C)C)C3)cc1. The summed E-state index contributed by atoms with van der Waals surface area (Å²) < 4.78 is 5.43. The van der Waals surface area contributed by atoms with Crippen LogP contribution in [0.2, 0.25) is 0 Å². The highest BCUT2D eigenvalue weighted by Gasteiger charge is 2.53. The van der Waals surface area contributed by atoms with Gasteiger partial charge in [-0.05, 0) is 57.5 Å². The first-order chi connectivity index (χ1) is 14.5. The molecule has 1 aromatic rings. The molecule has 2 heterocycles. The van der Waals surface area contributed by atoms with Gasteiger partial charge in [0, 0.05) is 31.4 Å². The molecule has 1 unspecified atom stereocenters. The molecular formula is C22H28N4O5. The number of anilines is 1. The summed E-state index contributed by atoms with van der Waals surface area (Å²) in [4.78, 5) is 52.6. The summed E-state index contributed by atoms with van der Waals surface area (Å²) in [5, 5.41) is 1.34. The Morgan fingerprint density at radius 2 is 1.87 bits per heavy atom. The lowest BCUT2D eigenvalue weighted by molar-refractivity contribution is -0.120. The molecule has 3 rings (SSSR count). The summed E-state index contributed by atoms with van der Waals surface area (Å²) in [6, 6.07) is 6.51. The summed E-state index contributed by atoms with van der Waals surface area (Å²) in [5.41, 5.74) is 2.17. The minimum absolute atomic E-state index is 0.118. The number of nitrogens with one attached hydrogen (secondary N) is 1. The van der Waals surface area contributed by atoms with Gasteiger partial charge in [0.1, 0.15) is 5.60 Å². The standard InChI is InChI=1S/C22H28N4O5/c1-6-18(28)24(5)16-9-7-15(8-10-16)19(29)26-22(13-17(27)23-26)11-12-25(14-22)20(30)31-21(2,3)4/h6-10H,1,11-14H2,2-5H3,(H,23,27). The van der Waals surface area contributed by atoms with Crippen LogP contribution in [-0.2, 0) is 14.3 Å². The molecule has 2 saturated heterocycles. The van der Waals surface area contributed by atoms with Gasteiger partial charge in [0.05, 0.1) is 12.0 Å². The first-order valence-electron chi connectivity index (χ1n) is 10.1. The normalized spacial score (nSPS) is 20.6. The lowest BCUT2D eigenvalue weighted by Crippen LogP contribution is -2.53. The predicted octanol–water partition coefficient (Wildman–Crippen LogP) is 2.09. The molecule has 0 aliphatic carbocycles. The smallest absolute Gasteiger partial charge is 0.410 e. The molecule has 1 N–H and O–H groups in total. The number of benzene rings is 1. The molecule has 4 amide bonds. The van der Waals surface area contributed by atoms with Crippen LogP contribution in [0.5, 0.6) is 0 Å². The zero-order valence-corrected chi connectivity index (χ0v) is 18.3. The Hall–Kier alpha value is -3.36.